The molecule has 0 saturated carbocycles. The van der Waals surface area contributed by atoms with Gasteiger partial charge in [0, 0.05) is 21.3 Å². The summed E-state index contributed by atoms with van der Waals surface area (Å²) in [5.41, 5.74) is 9.11. The van der Waals surface area contributed by atoms with Gasteiger partial charge in [0.25, 0.3) is 0 Å². The van der Waals surface area contributed by atoms with Crippen molar-refractivity contribution in [2.45, 2.75) is 24.4 Å². The number of nitrogens with zero attached hydrogens (tertiary/aromatic N) is 5. The van der Waals surface area contributed by atoms with Crippen LogP contribution in [-0.2, 0) is 4.74 Å². The number of azide groups is 1. The molecule has 1 aliphatic rings. The van der Waals surface area contributed by atoms with Crippen LogP contribution in [0.3, 0.4) is 0 Å². The number of halogens is 1. The van der Waals surface area contributed by atoms with E-state index in [-0.39, 0.29) is 0 Å². The van der Waals surface area contributed by atoms with Crippen molar-refractivity contribution in [3.63, 3.8) is 0 Å². The Morgan fingerprint density at radius 3 is 2.96 bits per heavy atom. The molecule has 0 bridgehead atoms. The number of hydrogen-bond acceptors (Lipinski definition) is 7. The average Bonchev–Trinajstić information content (AvgIpc) is 3.25. The van der Waals surface area contributed by atoms with Crippen LogP contribution in [0.25, 0.3) is 20.7 Å². The number of rotatable bonds is 5. The fraction of sp³-hybridized carbons (Fsp3) is 0.294. The molecule has 0 radical (unpaired) electrons. The molecular formula is C17H14IN5O3S. The van der Waals surface area contributed by atoms with Gasteiger partial charge in [0.05, 0.1) is 17.7 Å². The lowest BCUT2D eigenvalue weighted by atomic mass is 10.0. The van der Waals surface area contributed by atoms with Gasteiger partial charge in [0.15, 0.2) is 5.72 Å². The number of alkyl halides is 1. The lowest BCUT2D eigenvalue weighted by Gasteiger charge is -2.24. The first-order chi connectivity index (χ1) is 13.2. The van der Waals surface area contributed by atoms with Crippen molar-refractivity contribution < 1.29 is 14.6 Å². The lowest BCUT2D eigenvalue weighted by Crippen LogP contribution is -2.38. The summed E-state index contributed by atoms with van der Waals surface area (Å²) in [6.45, 7) is 0. The predicted octanol–water partition coefficient (Wildman–Crippen LogP) is 4.75. The number of benzene rings is 1. The molecule has 3 atom stereocenters. The van der Waals surface area contributed by atoms with Crippen LogP contribution in [0.4, 0.5) is 0 Å². The molecule has 0 spiro atoms. The molecule has 1 aromatic carbocycles. The molecule has 1 aliphatic heterocycles. The summed E-state index contributed by atoms with van der Waals surface area (Å²) < 4.78 is 13.0. The van der Waals surface area contributed by atoms with Crippen LogP contribution in [-0.4, -0.2) is 31.3 Å². The summed E-state index contributed by atoms with van der Waals surface area (Å²) in [5.74, 6) is 1.16. The van der Waals surface area contributed by atoms with Crippen LogP contribution in [0.1, 0.15) is 18.1 Å². The quantitative estimate of drug-likeness (QED) is 0.181. The highest BCUT2D eigenvalue weighted by atomic mass is 127. The Hall–Kier alpha value is -1.98. The molecule has 2 aromatic heterocycles. The smallest absolute Gasteiger partial charge is 0.240 e. The number of thiophene rings is 1. The summed E-state index contributed by atoms with van der Waals surface area (Å²) in [5, 5.41) is 16.1. The molecule has 1 saturated heterocycles. The molecule has 4 rings (SSSR count). The van der Waals surface area contributed by atoms with Crippen molar-refractivity contribution in [3.05, 3.63) is 58.0 Å². The van der Waals surface area contributed by atoms with E-state index in [0.717, 1.165) is 10.3 Å². The molecule has 0 aliphatic carbocycles. The molecule has 0 amide bonds. The van der Waals surface area contributed by atoms with E-state index in [4.69, 9.17) is 15.0 Å². The van der Waals surface area contributed by atoms with E-state index in [0.29, 0.717) is 28.0 Å². The van der Waals surface area contributed by atoms with E-state index < -0.39 is 17.9 Å². The van der Waals surface area contributed by atoms with Gasteiger partial charge < -0.3 is 14.6 Å². The zero-order valence-corrected chi connectivity index (χ0v) is 16.9. The van der Waals surface area contributed by atoms with Crippen molar-refractivity contribution in [2.24, 2.45) is 5.11 Å². The highest BCUT2D eigenvalue weighted by Gasteiger charge is 2.48. The Kier molecular flexibility index (Phi) is 5.15. The number of fused-ring (bicyclic) bond motifs is 1. The molecule has 3 aromatic rings. The Morgan fingerprint density at radius 1 is 1.41 bits per heavy atom. The number of aromatic nitrogens is 2. The minimum absolute atomic E-state index is 0.326. The fourth-order valence-electron chi connectivity index (χ4n) is 3.01. The number of hydrogen-bond donors (Lipinski definition) is 1. The van der Waals surface area contributed by atoms with Gasteiger partial charge in [-0.25, -0.2) is 9.97 Å². The third kappa shape index (κ3) is 3.34. The fourth-order valence-corrected chi connectivity index (χ4v) is 4.84. The topological polar surface area (TPSA) is 113 Å². The predicted molar refractivity (Wildman–Crippen MR) is 109 cm³/mol. The van der Waals surface area contributed by atoms with Crippen LogP contribution in [0.2, 0.25) is 0 Å². The lowest BCUT2D eigenvalue weighted by molar-refractivity contribution is -0.0594. The van der Waals surface area contributed by atoms with E-state index in [2.05, 4.69) is 42.6 Å². The summed E-state index contributed by atoms with van der Waals surface area (Å²) >= 11 is 3.50. The first kappa shape index (κ1) is 18.4. The third-order valence-electron chi connectivity index (χ3n) is 4.36. The van der Waals surface area contributed by atoms with Gasteiger partial charge in [-0.05, 0) is 23.0 Å². The van der Waals surface area contributed by atoms with Crippen LogP contribution in [0.5, 0.6) is 11.6 Å². The number of aliphatic hydroxyl groups is 1. The minimum Gasteiger partial charge on any atom is -0.437 e. The maximum atomic E-state index is 10.4. The summed E-state index contributed by atoms with van der Waals surface area (Å²) in [7, 11) is 0. The summed E-state index contributed by atoms with van der Waals surface area (Å²) in [6.07, 6.45) is 0.467. The Morgan fingerprint density at radius 2 is 2.22 bits per heavy atom. The van der Waals surface area contributed by atoms with Gasteiger partial charge in [-0.3, -0.25) is 0 Å². The standard InChI is InChI=1S/C17H14IN5O3S/c18-8-17(22-23-19)13(24)6-12(26-17)11-7-27-15-14(11)20-9-21-16(15)25-10-4-2-1-3-5-10/h1-5,7,9,12-13,24H,6,8H2/t12?,13-,17+/m0/s1. The van der Waals surface area contributed by atoms with Crippen LogP contribution in [0.15, 0.2) is 47.2 Å². The van der Waals surface area contributed by atoms with Crippen molar-refractivity contribution in [3.8, 4) is 11.6 Å². The van der Waals surface area contributed by atoms with Crippen molar-refractivity contribution >= 4 is 44.1 Å². The van der Waals surface area contributed by atoms with E-state index in [1.54, 1.807) is 0 Å². The molecule has 10 heteroatoms. The molecule has 8 nitrogen and oxygen atoms in total. The molecule has 138 valence electrons. The monoisotopic (exact) mass is 495 g/mol. The summed E-state index contributed by atoms with van der Waals surface area (Å²) in [6, 6.07) is 9.40. The largest absolute Gasteiger partial charge is 0.437 e. The number of para-hydroxylation sites is 1. The van der Waals surface area contributed by atoms with E-state index in [1.807, 2.05) is 35.7 Å². The highest BCUT2D eigenvalue weighted by molar-refractivity contribution is 14.1. The molecular weight excluding hydrogens is 481 g/mol. The highest BCUT2D eigenvalue weighted by Crippen LogP contribution is 2.45. The second-order valence-electron chi connectivity index (χ2n) is 5.99. The molecule has 27 heavy (non-hydrogen) atoms. The maximum absolute atomic E-state index is 10.4. The van der Waals surface area contributed by atoms with Crippen molar-refractivity contribution in [2.75, 3.05) is 4.43 Å². The first-order valence-electron chi connectivity index (χ1n) is 8.10. The number of ether oxygens (including phenoxy) is 2. The Bertz CT molecular complexity index is 1010. The van der Waals surface area contributed by atoms with Gasteiger partial charge in [-0.1, -0.05) is 45.9 Å². The van der Waals surface area contributed by atoms with Crippen LogP contribution >= 0.6 is 33.9 Å². The van der Waals surface area contributed by atoms with Crippen molar-refractivity contribution in [1.82, 2.24) is 9.97 Å². The average molecular weight is 495 g/mol. The SMILES string of the molecule is [N-]=[N+]=N[C@]1(CI)OC(c2csc3c(Oc4ccccc4)ncnc23)C[C@@H]1O. The van der Waals surface area contributed by atoms with Gasteiger partial charge in [-0.2, -0.15) is 0 Å². The maximum Gasteiger partial charge on any atom is 0.240 e. The Labute approximate surface area is 171 Å². The second-order valence-corrected chi connectivity index (χ2v) is 7.63. The second kappa shape index (κ2) is 7.56. The molecule has 1 N–H and O–H groups in total. The normalized spacial score (nSPS) is 24.7. The van der Waals surface area contributed by atoms with Gasteiger partial charge in [-0.15, -0.1) is 11.3 Å². The zero-order chi connectivity index (χ0) is 18.9. The van der Waals surface area contributed by atoms with Crippen LogP contribution < -0.4 is 4.74 Å². The van der Waals surface area contributed by atoms with Gasteiger partial charge in [0.1, 0.15) is 16.8 Å². The van der Waals surface area contributed by atoms with E-state index >= 15 is 0 Å². The Balaban J connectivity index is 1.68. The van der Waals surface area contributed by atoms with Gasteiger partial charge in [0.2, 0.25) is 5.88 Å². The first-order valence-corrected chi connectivity index (χ1v) is 10.5. The van der Waals surface area contributed by atoms with E-state index in [9.17, 15) is 5.11 Å². The molecule has 1 unspecified atom stereocenters. The summed E-state index contributed by atoms with van der Waals surface area (Å²) in [4.78, 5) is 11.5. The molecule has 1 fully saturated rings. The van der Waals surface area contributed by atoms with Crippen molar-refractivity contribution in [1.29, 1.82) is 0 Å². The van der Waals surface area contributed by atoms with E-state index in [1.165, 1.54) is 17.7 Å². The molecule has 3 heterocycles. The number of aliphatic hydroxyl groups excluding tert-OH is 1. The van der Waals surface area contributed by atoms with Gasteiger partial charge >= 0.3 is 0 Å². The zero-order valence-electron chi connectivity index (χ0n) is 13.9. The van der Waals surface area contributed by atoms with Crippen LogP contribution in [0, 0.1) is 0 Å². The minimum atomic E-state index is -1.26. The third-order valence-corrected chi connectivity index (χ3v) is 6.43.